The van der Waals surface area contributed by atoms with Crippen LogP contribution in [0.1, 0.15) is 41.5 Å². The van der Waals surface area contributed by atoms with Crippen molar-refractivity contribution < 1.29 is 9.90 Å². The van der Waals surface area contributed by atoms with Gasteiger partial charge in [-0.25, -0.2) is 0 Å². The molecule has 2 aromatic rings. The number of phenolic OH excluding ortho intramolecular Hbond substituents is 1. The predicted molar refractivity (Wildman–Crippen MR) is 80.4 cm³/mol. The van der Waals surface area contributed by atoms with Crippen LogP contribution in [0.15, 0.2) is 36.9 Å². The van der Waals surface area contributed by atoms with E-state index in [9.17, 15) is 9.90 Å². The maximum atomic E-state index is 11.9. The van der Waals surface area contributed by atoms with Crippen molar-refractivity contribution in [3.8, 4) is 5.75 Å². The van der Waals surface area contributed by atoms with Crippen LogP contribution >= 0.6 is 0 Å². The molecule has 0 spiro atoms. The molecule has 0 saturated heterocycles. The minimum Gasteiger partial charge on any atom is -0.507 e. The molecule has 1 amide bonds. The molecule has 0 saturated carbocycles. The first kappa shape index (κ1) is 14.6. The predicted octanol–water partition coefficient (Wildman–Crippen LogP) is 2.14. The van der Waals surface area contributed by atoms with Crippen LogP contribution in [-0.2, 0) is 0 Å². The molecule has 6 heteroatoms. The second-order valence-corrected chi connectivity index (χ2v) is 4.94. The summed E-state index contributed by atoms with van der Waals surface area (Å²) in [4.78, 5) is 11.9. The van der Waals surface area contributed by atoms with Gasteiger partial charge in [-0.1, -0.05) is 32.6 Å². The number of nitrogens with zero attached hydrogens (tertiary/aromatic N) is 1. The molecular formula is C15H18N4O2. The minimum absolute atomic E-state index is 0.0890. The molecule has 2 rings (SSSR count). The SMILES string of the molecule is C=C(NNC(=O)c1cc(C(C)C)[nH]n1)c1ccccc1O. The molecule has 4 N–H and O–H groups in total. The Labute approximate surface area is 122 Å². The van der Waals surface area contributed by atoms with Gasteiger partial charge in [0.15, 0.2) is 5.69 Å². The second-order valence-electron chi connectivity index (χ2n) is 4.94. The summed E-state index contributed by atoms with van der Waals surface area (Å²) in [5, 5.41) is 16.5. The van der Waals surface area contributed by atoms with Crippen molar-refractivity contribution >= 4 is 11.6 Å². The van der Waals surface area contributed by atoms with Crippen molar-refractivity contribution in [2.45, 2.75) is 19.8 Å². The van der Waals surface area contributed by atoms with Crippen molar-refractivity contribution in [3.63, 3.8) is 0 Å². The van der Waals surface area contributed by atoms with Gasteiger partial charge in [-0.3, -0.25) is 20.7 Å². The average Bonchev–Trinajstić information content (AvgIpc) is 2.95. The standard InChI is InChI=1S/C15H18N4O2/c1-9(2)12-8-13(18-17-12)15(21)19-16-10(3)11-6-4-5-7-14(11)20/h4-9,16,20H,3H2,1-2H3,(H,17,18)(H,19,21). The van der Waals surface area contributed by atoms with Crippen molar-refractivity contribution in [1.82, 2.24) is 21.0 Å². The lowest BCUT2D eigenvalue weighted by molar-refractivity contribution is 0.0937. The zero-order valence-electron chi connectivity index (χ0n) is 12.0. The topological polar surface area (TPSA) is 90.0 Å². The summed E-state index contributed by atoms with van der Waals surface area (Å²) in [5.74, 6) is -0.0240. The molecular weight excluding hydrogens is 268 g/mol. The number of H-pyrrole nitrogens is 1. The number of benzene rings is 1. The average molecular weight is 286 g/mol. The molecule has 0 aliphatic carbocycles. The summed E-state index contributed by atoms with van der Waals surface area (Å²) in [6.07, 6.45) is 0. The van der Waals surface area contributed by atoms with E-state index in [-0.39, 0.29) is 23.3 Å². The maximum Gasteiger partial charge on any atom is 0.290 e. The van der Waals surface area contributed by atoms with E-state index in [0.29, 0.717) is 11.3 Å². The minimum atomic E-state index is -0.380. The van der Waals surface area contributed by atoms with Gasteiger partial charge < -0.3 is 5.11 Å². The summed E-state index contributed by atoms with van der Waals surface area (Å²) in [5.41, 5.74) is 7.25. The van der Waals surface area contributed by atoms with E-state index in [1.54, 1.807) is 30.3 Å². The fraction of sp³-hybridized carbons (Fsp3) is 0.200. The summed E-state index contributed by atoms with van der Waals surface area (Å²) < 4.78 is 0. The smallest absolute Gasteiger partial charge is 0.290 e. The number of carbonyl (C=O) groups excluding carboxylic acids is 1. The number of aromatic nitrogens is 2. The summed E-state index contributed by atoms with van der Waals surface area (Å²) in [7, 11) is 0. The first-order valence-electron chi connectivity index (χ1n) is 6.58. The Morgan fingerprint density at radius 1 is 1.33 bits per heavy atom. The highest BCUT2D eigenvalue weighted by molar-refractivity contribution is 5.92. The van der Waals surface area contributed by atoms with Crippen LogP contribution in [-0.4, -0.2) is 21.2 Å². The van der Waals surface area contributed by atoms with Gasteiger partial charge in [0.2, 0.25) is 0 Å². The van der Waals surface area contributed by atoms with E-state index in [2.05, 4.69) is 27.6 Å². The number of aromatic amines is 1. The number of carbonyl (C=O) groups is 1. The summed E-state index contributed by atoms with van der Waals surface area (Å²) in [6, 6.07) is 8.42. The molecule has 0 aliphatic heterocycles. The van der Waals surface area contributed by atoms with E-state index >= 15 is 0 Å². The first-order valence-corrected chi connectivity index (χ1v) is 6.58. The zero-order valence-corrected chi connectivity index (χ0v) is 12.0. The van der Waals surface area contributed by atoms with Crippen LogP contribution in [0.2, 0.25) is 0 Å². The lowest BCUT2D eigenvalue weighted by atomic mass is 10.1. The molecule has 0 aliphatic rings. The zero-order chi connectivity index (χ0) is 15.4. The van der Waals surface area contributed by atoms with E-state index < -0.39 is 0 Å². The fourth-order valence-corrected chi connectivity index (χ4v) is 1.74. The Morgan fingerprint density at radius 3 is 2.67 bits per heavy atom. The van der Waals surface area contributed by atoms with Crippen LogP contribution in [0.4, 0.5) is 0 Å². The van der Waals surface area contributed by atoms with E-state index in [4.69, 9.17) is 0 Å². The summed E-state index contributed by atoms with van der Waals surface area (Å²) >= 11 is 0. The maximum absolute atomic E-state index is 11.9. The quantitative estimate of drug-likeness (QED) is 0.634. The van der Waals surface area contributed by atoms with Crippen molar-refractivity contribution in [2.24, 2.45) is 0 Å². The van der Waals surface area contributed by atoms with Gasteiger partial charge in [0.1, 0.15) is 5.75 Å². The lowest BCUT2D eigenvalue weighted by Gasteiger charge is -2.11. The van der Waals surface area contributed by atoms with Gasteiger partial charge in [-0.05, 0) is 24.1 Å². The van der Waals surface area contributed by atoms with Gasteiger partial charge in [-0.2, -0.15) is 5.10 Å². The Morgan fingerprint density at radius 2 is 2.05 bits per heavy atom. The number of phenols is 1. The number of rotatable bonds is 5. The molecule has 1 heterocycles. The van der Waals surface area contributed by atoms with Crippen LogP contribution in [0.3, 0.4) is 0 Å². The van der Waals surface area contributed by atoms with Crippen LogP contribution in [0.5, 0.6) is 5.75 Å². The largest absolute Gasteiger partial charge is 0.507 e. The van der Waals surface area contributed by atoms with Crippen LogP contribution in [0, 0.1) is 0 Å². The molecule has 1 aromatic heterocycles. The molecule has 1 aromatic carbocycles. The van der Waals surface area contributed by atoms with E-state index in [1.807, 2.05) is 13.8 Å². The van der Waals surface area contributed by atoms with Crippen LogP contribution < -0.4 is 10.9 Å². The van der Waals surface area contributed by atoms with Crippen molar-refractivity contribution in [2.75, 3.05) is 0 Å². The van der Waals surface area contributed by atoms with Gasteiger partial charge in [0, 0.05) is 11.3 Å². The molecule has 110 valence electrons. The highest BCUT2D eigenvalue weighted by Gasteiger charge is 2.12. The molecule has 0 bridgehead atoms. The third-order valence-electron chi connectivity index (χ3n) is 3.01. The normalized spacial score (nSPS) is 10.4. The summed E-state index contributed by atoms with van der Waals surface area (Å²) in [6.45, 7) is 7.79. The first-order chi connectivity index (χ1) is 9.99. The number of hydrogen-bond acceptors (Lipinski definition) is 4. The molecule has 0 unspecified atom stereocenters. The van der Waals surface area contributed by atoms with Crippen molar-refractivity contribution in [3.05, 3.63) is 53.9 Å². The highest BCUT2D eigenvalue weighted by Crippen LogP contribution is 2.20. The van der Waals surface area contributed by atoms with E-state index in [1.165, 1.54) is 0 Å². The molecule has 6 nitrogen and oxygen atoms in total. The Hall–Kier alpha value is -2.76. The van der Waals surface area contributed by atoms with Crippen LogP contribution in [0.25, 0.3) is 5.70 Å². The van der Waals surface area contributed by atoms with Gasteiger partial charge in [0.05, 0.1) is 5.70 Å². The number of hydrogen-bond donors (Lipinski definition) is 4. The molecule has 0 radical (unpaired) electrons. The number of nitrogens with one attached hydrogen (secondary N) is 3. The fourth-order valence-electron chi connectivity index (χ4n) is 1.74. The Bertz CT molecular complexity index is 661. The van der Waals surface area contributed by atoms with Gasteiger partial charge >= 0.3 is 0 Å². The monoisotopic (exact) mass is 286 g/mol. The highest BCUT2D eigenvalue weighted by atomic mass is 16.3. The van der Waals surface area contributed by atoms with Gasteiger partial charge in [0.25, 0.3) is 5.91 Å². The number of aromatic hydroxyl groups is 1. The third kappa shape index (κ3) is 3.42. The number of amides is 1. The van der Waals surface area contributed by atoms with Gasteiger partial charge in [-0.15, -0.1) is 0 Å². The number of para-hydroxylation sites is 1. The van der Waals surface area contributed by atoms with E-state index in [0.717, 1.165) is 5.69 Å². The third-order valence-corrected chi connectivity index (χ3v) is 3.01. The Kier molecular flexibility index (Phi) is 4.27. The number of hydrazine groups is 1. The molecule has 0 atom stereocenters. The van der Waals surface area contributed by atoms with Crippen molar-refractivity contribution in [1.29, 1.82) is 0 Å². The Balaban J connectivity index is 1.97. The second kappa shape index (κ2) is 6.13. The molecule has 0 fully saturated rings. The molecule has 21 heavy (non-hydrogen) atoms. The lowest BCUT2D eigenvalue weighted by Crippen LogP contribution is -2.36.